The van der Waals surface area contributed by atoms with Crippen molar-refractivity contribution < 1.29 is 38.9 Å². The van der Waals surface area contributed by atoms with Gasteiger partial charge in [-0.1, -0.05) is 103 Å². The zero-order valence-electron chi connectivity index (χ0n) is 35.2. The quantitative estimate of drug-likeness (QED) is 0.0304. The lowest BCUT2D eigenvalue weighted by Crippen LogP contribution is -2.10. The maximum Gasteiger partial charge on any atom is 0.296 e. The average molecular weight is 960 g/mol. The molecule has 7 aromatic carbocycles. The van der Waals surface area contributed by atoms with Gasteiger partial charge in [-0.15, -0.1) is 0 Å². The van der Waals surface area contributed by atoms with Crippen LogP contribution in [0.4, 0.5) is 0 Å². The molecule has 0 saturated heterocycles. The molecule has 19 heteroatoms. The predicted molar refractivity (Wildman–Crippen MR) is 256 cm³/mol. The van der Waals surface area contributed by atoms with Gasteiger partial charge in [-0.05, 0) is 90.3 Å². The smallest absolute Gasteiger partial charge is 0.296 e. The van der Waals surface area contributed by atoms with Crippen molar-refractivity contribution in [3.63, 3.8) is 0 Å². The Hall–Kier alpha value is -7.28. The van der Waals surface area contributed by atoms with Crippen molar-refractivity contribution >= 4 is 73.1 Å². The molecule has 0 aliphatic carbocycles. The molecular weight excluding hydrogens is 915 g/mol. The van der Waals surface area contributed by atoms with E-state index in [1.165, 1.54) is 12.1 Å². The summed E-state index contributed by atoms with van der Waals surface area (Å²) < 4.78 is 95.1. The summed E-state index contributed by atoms with van der Waals surface area (Å²) in [5.41, 5.74) is 10.3. The number of benzene rings is 7. The van der Waals surface area contributed by atoms with Crippen LogP contribution >= 0.6 is 0 Å². The van der Waals surface area contributed by atoms with E-state index in [0.717, 1.165) is 16.3 Å². The molecule has 2 heterocycles. The highest BCUT2D eigenvalue weighted by Gasteiger charge is 2.27. The van der Waals surface area contributed by atoms with E-state index < -0.39 is 29.8 Å². The van der Waals surface area contributed by atoms with Gasteiger partial charge in [0.25, 0.3) is 10.1 Å². The number of aryl methyl sites for hydroxylation is 1. The van der Waals surface area contributed by atoms with Crippen LogP contribution in [0.3, 0.4) is 0 Å². The number of hydrogen-bond acceptors (Lipinski definition) is 12. The van der Waals surface area contributed by atoms with Gasteiger partial charge in [0.1, 0.15) is 11.5 Å². The van der Waals surface area contributed by atoms with E-state index in [2.05, 4.69) is 30.4 Å². The maximum absolute atomic E-state index is 13.6. The number of aromatic nitrogens is 4. The fourth-order valence-corrected chi connectivity index (χ4v) is 11.2. The summed E-state index contributed by atoms with van der Waals surface area (Å²) in [6.07, 6.45) is 0.879. The minimum Gasteiger partial charge on any atom is -0.494 e. The molecule has 344 valence electrons. The third-order valence-electron chi connectivity index (χ3n) is 10.4. The lowest BCUT2D eigenvalue weighted by atomic mass is 10.1. The third-order valence-corrected chi connectivity index (χ3v) is 15.3. The van der Waals surface area contributed by atoms with Crippen molar-refractivity contribution in [3.05, 3.63) is 162 Å². The second-order valence-electron chi connectivity index (χ2n) is 14.9. The molecule has 0 saturated carbocycles. The van der Waals surface area contributed by atoms with Gasteiger partial charge in [-0.25, -0.2) is 16.8 Å². The first-order valence-electron chi connectivity index (χ1n) is 20.5. The molecule has 2 aromatic heterocycles. The van der Waals surface area contributed by atoms with E-state index >= 15 is 0 Å². The number of ether oxygens (including phenoxy) is 2. The van der Waals surface area contributed by atoms with E-state index in [-0.39, 0.29) is 45.4 Å². The van der Waals surface area contributed by atoms with Crippen molar-refractivity contribution in [2.45, 2.75) is 51.9 Å². The molecule has 16 nitrogen and oxygen atoms in total. The van der Waals surface area contributed by atoms with Crippen molar-refractivity contribution in [1.29, 1.82) is 0 Å². The van der Waals surface area contributed by atoms with Gasteiger partial charge in [0.05, 0.1) is 45.5 Å². The molecule has 2 N–H and O–H groups in total. The van der Waals surface area contributed by atoms with E-state index in [0.29, 0.717) is 70.1 Å². The Morgan fingerprint density at radius 2 is 1.04 bits per heavy atom. The number of fused-ring (bicyclic) bond motifs is 4. The van der Waals surface area contributed by atoms with Crippen LogP contribution in [-0.4, -0.2) is 72.0 Å². The van der Waals surface area contributed by atoms with E-state index in [4.69, 9.17) is 19.2 Å². The highest BCUT2D eigenvalue weighted by Crippen LogP contribution is 2.34. The van der Waals surface area contributed by atoms with Crippen LogP contribution in [0.15, 0.2) is 175 Å². The fraction of sp³-hybridized carbons (Fsp3) is 0.167. The molecule has 0 spiro atoms. The van der Waals surface area contributed by atoms with Crippen LogP contribution in [0.2, 0.25) is 0 Å². The minimum absolute atomic E-state index is 0. The molecule has 0 aliphatic heterocycles. The standard InChI is InChI=1S/C27H24N2O6S2.C20H17N5O3S.CH4/c1-19-10-13-22(14-11-19)37(32,33)35-17-5-16-34-21-12-15-25-24(18-21)27(29-28-25)36(30,31)26-9-4-7-20-6-2-3-8-23(20)26;21-25-22-11-4-12-28-15-9-10-18-17(13-15)20(24-23-18)29(26,27)19-8-3-6-14-5-1-2-7-16(14)19;/h2-4,6-15,18H,5,16-17H2,1H3,(H,28,29);1-3,5-10,13H,4,11-12H2,(H,23,24);1H4. The molecule has 0 aliphatic rings. The van der Waals surface area contributed by atoms with Crippen molar-refractivity contribution in [3.8, 4) is 11.5 Å². The Kier molecular flexibility index (Phi) is 14.6. The van der Waals surface area contributed by atoms with Gasteiger partial charge in [0, 0.05) is 39.4 Å². The zero-order valence-corrected chi connectivity index (χ0v) is 37.7. The van der Waals surface area contributed by atoms with Gasteiger partial charge < -0.3 is 9.47 Å². The topological polar surface area (TPSA) is 236 Å². The Balaban J connectivity index is 0.000000202. The van der Waals surface area contributed by atoms with Gasteiger partial charge in [-0.2, -0.15) is 18.6 Å². The Morgan fingerprint density at radius 1 is 0.567 bits per heavy atom. The summed E-state index contributed by atoms with van der Waals surface area (Å²) in [6, 6.07) is 41.5. The molecule has 0 radical (unpaired) electrons. The molecule has 9 aromatic rings. The first kappa shape index (κ1) is 47.7. The summed E-state index contributed by atoms with van der Waals surface area (Å²) in [5, 5.41) is 20.9. The average Bonchev–Trinajstić information content (AvgIpc) is 3.97. The first-order chi connectivity index (χ1) is 31.9. The highest BCUT2D eigenvalue weighted by atomic mass is 32.2. The third kappa shape index (κ3) is 10.4. The molecular formula is C48H45N7O9S3. The number of rotatable bonds is 16. The summed E-state index contributed by atoms with van der Waals surface area (Å²) in [4.78, 5) is 3.21. The molecule has 9 rings (SSSR count). The van der Waals surface area contributed by atoms with Crippen molar-refractivity contribution in [2.24, 2.45) is 5.11 Å². The number of H-pyrrole nitrogens is 2. The molecule has 67 heavy (non-hydrogen) atoms. The van der Waals surface area contributed by atoms with Crippen molar-refractivity contribution in [1.82, 2.24) is 20.4 Å². The van der Waals surface area contributed by atoms with Gasteiger partial charge in [-0.3, -0.25) is 14.4 Å². The van der Waals surface area contributed by atoms with Gasteiger partial charge >= 0.3 is 0 Å². The summed E-state index contributed by atoms with van der Waals surface area (Å²) >= 11 is 0. The number of aromatic amines is 2. The van der Waals surface area contributed by atoms with Crippen LogP contribution in [0.25, 0.3) is 53.8 Å². The van der Waals surface area contributed by atoms with E-state index in [9.17, 15) is 25.3 Å². The predicted octanol–water partition coefficient (Wildman–Crippen LogP) is 10.3. The van der Waals surface area contributed by atoms with Crippen molar-refractivity contribution in [2.75, 3.05) is 26.4 Å². The zero-order chi connectivity index (χ0) is 46.3. The van der Waals surface area contributed by atoms with Crippen LogP contribution in [0, 0.1) is 6.92 Å². The van der Waals surface area contributed by atoms with Crippen LogP contribution in [-0.2, 0) is 34.0 Å². The monoisotopic (exact) mass is 959 g/mol. The SMILES string of the molecule is C.Cc1ccc(S(=O)(=O)OCCCOc2ccc3n[nH]c(S(=O)(=O)c4cccc5ccccc45)c3c2)cc1.[N-]=[N+]=NCCCOc1ccc2n[nH]c(S(=O)(=O)c3cccc4ccccc34)c2c1. The minimum atomic E-state index is -3.90. The lowest BCUT2D eigenvalue weighted by Gasteiger charge is -2.09. The number of sulfone groups is 2. The molecule has 0 bridgehead atoms. The summed E-state index contributed by atoms with van der Waals surface area (Å²) in [5.74, 6) is 0.957. The Labute approximate surface area is 387 Å². The van der Waals surface area contributed by atoms with Crippen LogP contribution in [0.1, 0.15) is 25.8 Å². The fourth-order valence-electron chi connectivity index (χ4n) is 7.16. The lowest BCUT2D eigenvalue weighted by molar-refractivity contribution is 0.251. The molecule has 0 amide bonds. The first-order valence-corrected chi connectivity index (χ1v) is 24.9. The second kappa shape index (κ2) is 20.5. The largest absolute Gasteiger partial charge is 0.494 e. The Bertz CT molecular complexity index is 3600. The number of hydrogen-bond donors (Lipinski definition) is 2. The summed E-state index contributed by atoms with van der Waals surface area (Å²) in [7, 11) is -11.6. The number of nitrogens with one attached hydrogen (secondary N) is 2. The van der Waals surface area contributed by atoms with Crippen LogP contribution in [0.5, 0.6) is 11.5 Å². The van der Waals surface area contributed by atoms with Gasteiger partial charge in [0.15, 0.2) is 10.1 Å². The van der Waals surface area contributed by atoms with Crippen LogP contribution < -0.4 is 9.47 Å². The van der Waals surface area contributed by atoms with Gasteiger partial charge in [0.2, 0.25) is 19.7 Å². The molecule has 0 fully saturated rings. The molecule has 0 atom stereocenters. The molecule has 0 unspecified atom stereocenters. The summed E-state index contributed by atoms with van der Waals surface area (Å²) in [6.45, 7) is 2.69. The Morgan fingerprint density at radius 3 is 1.55 bits per heavy atom. The normalized spacial score (nSPS) is 11.7. The van der Waals surface area contributed by atoms with E-state index in [1.54, 1.807) is 91.0 Å². The maximum atomic E-state index is 13.6. The van der Waals surface area contributed by atoms with E-state index in [1.807, 2.05) is 49.4 Å². The number of nitrogens with zero attached hydrogens (tertiary/aromatic N) is 5. The second-order valence-corrected chi connectivity index (χ2v) is 20.2. The highest BCUT2D eigenvalue weighted by molar-refractivity contribution is 7.92. The number of azide groups is 1.